The van der Waals surface area contributed by atoms with Gasteiger partial charge in [-0.1, -0.05) is 32.4 Å². The number of nitrogens with one attached hydrogen (secondary N) is 2. The SMILES string of the molecule is COc1c(NC(=O)c2ccc(Cl)c(Oc3ccnc(CN4CCN(OC(=O)OC(C)(C)C)CC4)c3)c2)cc(C(C)(C)C)cc1NS(C)(=O)=O. The highest BCUT2D eigenvalue weighted by atomic mass is 35.5. The number of ether oxygens (including phenoxy) is 3. The maximum Gasteiger partial charge on any atom is 0.528 e. The van der Waals surface area contributed by atoms with Gasteiger partial charge in [-0.05, 0) is 68.1 Å². The van der Waals surface area contributed by atoms with Gasteiger partial charge < -0.3 is 24.4 Å². The number of hydrogen-bond donors (Lipinski definition) is 2. The molecule has 49 heavy (non-hydrogen) atoms. The summed E-state index contributed by atoms with van der Waals surface area (Å²) in [6.07, 6.45) is 1.95. The number of methoxy groups -OCH3 is 1. The van der Waals surface area contributed by atoms with Crippen molar-refractivity contribution in [3.63, 3.8) is 0 Å². The summed E-state index contributed by atoms with van der Waals surface area (Å²) in [5.41, 5.74) is 1.29. The molecule has 13 nitrogen and oxygen atoms in total. The molecule has 0 atom stereocenters. The molecule has 15 heteroatoms. The van der Waals surface area contributed by atoms with E-state index >= 15 is 0 Å². The molecule has 0 aliphatic carbocycles. The van der Waals surface area contributed by atoms with E-state index in [9.17, 15) is 18.0 Å². The maximum absolute atomic E-state index is 13.5. The summed E-state index contributed by atoms with van der Waals surface area (Å²) in [7, 11) is -2.24. The Morgan fingerprint density at radius 3 is 2.24 bits per heavy atom. The van der Waals surface area contributed by atoms with Gasteiger partial charge >= 0.3 is 6.16 Å². The van der Waals surface area contributed by atoms with Gasteiger partial charge in [-0.15, -0.1) is 5.06 Å². The van der Waals surface area contributed by atoms with Gasteiger partial charge in [-0.25, -0.2) is 13.2 Å². The standard InChI is InChI=1S/C34H44ClN5O8S/c1-33(2,3)23-18-27(30(45-7)28(19-23)38-49(8,43)44)37-31(41)22-9-10-26(35)29(17-22)46-25-11-12-36-24(20-25)21-39-13-15-40(16-14-39)48-32(42)47-34(4,5)6/h9-12,17-20,38H,13-16,21H2,1-8H3,(H,37,41). The van der Waals surface area contributed by atoms with Crippen LogP contribution >= 0.6 is 11.6 Å². The maximum atomic E-state index is 13.5. The first kappa shape index (κ1) is 37.7. The molecule has 4 rings (SSSR count). The number of pyridine rings is 1. The highest BCUT2D eigenvalue weighted by molar-refractivity contribution is 7.92. The number of rotatable bonds is 10. The molecule has 1 saturated heterocycles. The second-order valence-corrected chi connectivity index (χ2v) is 15.8. The molecule has 266 valence electrons. The number of piperazine rings is 1. The molecule has 1 fully saturated rings. The van der Waals surface area contributed by atoms with E-state index in [1.807, 2.05) is 20.8 Å². The highest BCUT2D eigenvalue weighted by Crippen LogP contribution is 2.39. The second kappa shape index (κ2) is 15.2. The Morgan fingerprint density at radius 2 is 1.63 bits per heavy atom. The lowest BCUT2D eigenvalue weighted by Gasteiger charge is -2.33. The van der Waals surface area contributed by atoms with E-state index in [2.05, 4.69) is 19.9 Å². The van der Waals surface area contributed by atoms with Crippen LogP contribution in [0, 0.1) is 0 Å². The number of carbonyl (C=O) groups excluding carboxylic acids is 2. The molecule has 1 aromatic heterocycles. The Labute approximate surface area is 292 Å². The Balaban J connectivity index is 1.45. The summed E-state index contributed by atoms with van der Waals surface area (Å²) in [6, 6.07) is 11.6. The molecule has 0 spiro atoms. The van der Waals surface area contributed by atoms with Crippen LogP contribution in [0.2, 0.25) is 5.02 Å². The third kappa shape index (κ3) is 11.2. The van der Waals surface area contributed by atoms with Crippen LogP contribution in [-0.2, 0) is 31.6 Å². The van der Waals surface area contributed by atoms with Gasteiger partial charge in [-0.2, -0.15) is 0 Å². The number of halogens is 1. The first-order valence-corrected chi connectivity index (χ1v) is 17.9. The predicted octanol–water partition coefficient (Wildman–Crippen LogP) is 6.44. The van der Waals surface area contributed by atoms with Gasteiger partial charge in [0.15, 0.2) is 5.75 Å². The monoisotopic (exact) mass is 717 g/mol. The number of nitrogens with zero attached hydrogens (tertiary/aromatic N) is 3. The van der Waals surface area contributed by atoms with Crippen LogP contribution in [0.1, 0.15) is 63.2 Å². The largest absolute Gasteiger partial charge is 0.528 e. The van der Waals surface area contributed by atoms with Crippen LogP contribution in [0.25, 0.3) is 0 Å². The average Bonchev–Trinajstić information content (AvgIpc) is 2.97. The lowest BCUT2D eigenvalue weighted by atomic mass is 9.86. The molecule has 0 unspecified atom stereocenters. The summed E-state index contributed by atoms with van der Waals surface area (Å²) in [4.78, 5) is 37.5. The Kier molecular flexibility index (Phi) is 11.7. The van der Waals surface area contributed by atoms with Crippen LogP contribution in [0.5, 0.6) is 17.2 Å². The van der Waals surface area contributed by atoms with E-state index in [0.717, 1.165) is 17.5 Å². The van der Waals surface area contributed by atoms with E-state index in [1.165, 1.54) is 13.2 Å². The lowest BCUT2D eigenvalue weighted by molar-refractivity contribution is -0.158. The van der Waals surface area contributed by atoms with Crippen molar-refractivity contribution >= 4 is 45.1 Å². The number of hydrogen-bond acceptors (Lipinski definition) is 11. The normalized spacial score (nSPS) is 14.6. The second-order valence-electron chi connectivity index (χ2n) is 13.7. The van der Waals surface area contributed by atoms with Crippen LogP contribution in [0.4, 0.5) is 16.2 Å². The first-order valence-electron chi connectivity index (χ1n) is 15.6. The van der Waals surface area contributed by atoms with Gasteiger partial charge in [0.2, 0.25) is 10.0 Å². The van der Waals surface area contributed by atoms with E-state index in [0.29, 0.717) is 49.2 Å². The summed E-state index contributed by atoms with van der Waals surface area (Å²) >= 11 is 6.48. The minimum absolute atomic E-state index is 0.165. The van der Waals surface area contributed by atoms with Gasteiger partial charge in [0.25, 0.3) is 5.91 Å². The zero-order chi connectivity index (χ0) is 36.1. The van der Waals surface area contributed by atoms with Gasteiger partial charge in [-0.3, -0.25) is 19.4 Å². The molecule has 1 aliphatic rings. The predicted molar refractivity (Wildman–Crippen MR) is 188 cm³/mol. The number of aromatic nitrogens is 1. The average molecular weight is 718 g/mol. The Morgan fingerprint density at radius 1 is 0.959 bits per heavy atom. The molecule has 1 aliphatic heterocycles. The summed E-state index contributed by atoms with van der Waals surface area (Å²) < 4.78 is 43.5. The zero-order valence-electron chi connectivity index (χ0n) is 29.0. The molecular weight excluding hydrogens is 674 g/mol. The van der Waals surface area contributed by atoms with Crippen molar-refractivity contribution in [2.24, 2.45) is 0 Å². The van der Waals surface area contributed by atoms with Crippen LogP contribution in [-0.4, -0.2) is 80.6 Å². The van der Waals surface area contributed by atoms with E-state index in [4.69, 9.17) is 30.6 Å². The van der Waals surface area contributed by atoms with Crippen LogP contribution in [0.15, 0.2) is 48.7 Å². The molecule has 3 aromatic rings. The number of hydroxylamine groups is 2. The molecule has 1 amide bonds. The van der Waals surface area contributed by atoms with E-state index in [-0.39, 0.29) is 28.2 Å². The number of anilines is 2. The zero-order valence-corrected chi connectivity index (χ0v) is 30.6. The highest BCUT2D eigenvalue weighted by Gasteiger charge is 2.25. The summed E-state index contributed by atoms with van der Waals surface area (Å²) in [5.74, 6) is 0.418. The van der Waals surface area contributed by atoms with Crippen molar-refractivity contribution in [1.29, 1.82) is 0 Å². The topological polar surface area (TPSA) is 149 Å². The summed E-state index contributed by atoms with van der Waals surface area (Å²) in [5, 5.41) is 4.74. The van der Waals surface area contributed by atoms with E-state index < -0.39 is 27.7 Å². The van der Waals surface area contributed by atoms with Crippen LogP contribution in [0.3, 0.4) is 0 Å². The third-order valence-corrected chi connectivity index (χ3v) is 8.12. The quantitative estimate of drug-likeness (QED) is 0.223. The van der Waals surface area contributed by atoms with Crippen molar-refractivity contribution < 1.29 is 37.1 Å². The van der Waals surface area contributed by atoms with Gasteiger partial charge in [0.05, 0.1) is 35.5 Å². The third-order valence-electron chi connectivity index (χ3n) is 7.22. The van der Waals surface area contributed by atoms with Crippen molar-refractivity contribution in [1.82, 2.24) is 14.9 Å². The molecule has 2 N–H and O–H groups in total. The van der Waals surface area contributed by atoms with Crippen molar-refractivity contribution in [2.75, 3.05) is 49.6 Å². The first-order chi connectivity index (χ1) is 22.8. The Bertz CT molecular complexity index is 1780. The molecular formula is C34H44ClN5O8S. The van der Waals surface area contributed by atoms with Crippen molar-refractivity contribution in [2.45, 2.75) is 59.1 Å². The molecule has 2 heterocycles. The van der Waals surface area contributed by atoms with Gasteiger partial charge in [0.1, 0.15) is 17.1 Å². The molecule has 0 radical (unpaired) electrons. The summed E-state index contributed by atoms with van der Waals surface area (Å²) in [6.45, 7) is 14.1. The Hall–Kier alpha value is -4.11. The minimum Gasteiger partial charge on any atom is -0.492 e. The van der Waals surface area contributed by atoms with Crippen molar-refractivity contribution in [3.8, 4) is 17.2 Å². The van der Waals surface area contributed by atoms with Crippen molar-refractivity contribution in [3.05, 3.63) is 70.5 Å². The number of sulfonamides is 1. The molecule has 0 saturated carbocycles. The minimum atomic E-state index is -3.64. The number of benzene rings is 2. The fraction of sp³-hybridized carbons (Fsp3) is 0.441. The fourth-order valence-electron chi connectivity index (χ4n) is 4.88. The number of amides is 1. The smallest absolute Gasteiger partial charge is 0.492 e. The molecule has 2 aromatic carbocycles. The lowest BCUT2D eigenvalue weighted by Crippen LogP contribution is -2.47. The van der Waals surface area contributed by atoms with Gasteiger partial charge in [0, 0.05) is 50.6 Å². The van der Waals surface area contributed by atoms with Crippen LogP contribution < -0.4 is 19.5 Å². The fourth-order valence-corrected chi connectivity index (χ4v) is 5.59. The van der Waals surface area contributed by atoms with E-state index in [1.54, 1.807) is 68.4 Å². The molecule has 0 bridgehead atoms. The number of carbonyl (C=O) groups is 2.